The maximum absolute atomic E-state index is 11.2. The summed E-state index contributed by atoms with van der Waals surface area (Å²) < 4.78 is 0. The lowest BCUT2D eigenvalue weighted by atomic mass is 10.1. The second-order valence-electron chi connectivity index (χ2n) is 4.69. The summed E-state index contributed by atoms with van der Waals surface area (Å²) in [4.78, 5) is 16.9. The molecule has 0 fully saturated rings. The molecule has 0 bridgehead atoms. The molecular formula is C17H13NO2S. The van der Waals surface area contributed by atoms with Gasteiger partial charge in [-0.05, 0) is 42.8 Å². The number of aromatic nitrogens is 1. The number of hydrogen-bond acceptors (Lipinski definition) is 3. The predicted molar refractivity (Wildman–Crippen MR) is 84.0 cm³/mol. The minimum absolute atomic E-state index is 0.285. The molecule has 0 saturated carbocycles. The Morgan fingerprint density at radius 3 is 2.62 bits per heavy atom. The van der Waals surface area contributed by atoms with E-state index < -0.39 is 5.97 Å². The fourth-order valence-corrected chi connectivity index (χ4v) is 3.04. The number of benzene rings is 2. The number of carboxylic acids is 1. The Hall–Kier alpha value is -2.33. The van der Waals surface area contributed by atoms with Gasteiger partial charge in [0.1, 0.15) is 5.03 Å². The van der Waals surface area contributed by atoms with Crippen molar-refractivity contribution in [2.24, 2.45) is 0 Å². The van der Waals surface area contributed by atoms with E-state index >= 15 is 0 Å². The molecule has 1 aromatic heterocycles. The summed E-state index contributed by atoms with van der Waals surface area (Å²) in [6.07, 6.45) is 0. The van der Waals surface area contributed by atoms with Gasteiger partial charge >= 0.3 is 5.97 Å². The van der Waals surface area contributed by atoms with Crippen molar-refractivity contribution in [3.63, 3.8) is 0 Å². The summed E-state index contributed by atoms with van der Waals surface area (Å²) in [5.74, 6) is -0.929. The SMILES string of the molecule is Cc1ccccc1Sc1ccc2c(C(=O)O)cccc2n1. The van der Waals surface area contributed by atoms with Crippen molar-refractivity contribution in [1.82, 2.24) is 4.98 Å². The van der Waals surface area contributed by atoms with Crippen LogP contribution in [0, 0.1) is 6.92 Å². The van der Waals surface area contributed by atoms with Crippen molar-refractivity contribution in [2.45, 2.75) is 16.8 Å². The molecule has 0 saturated heterocycles. The van der Waals surface area contributed by atoms with Gasteiger partial charge in [0, 0.05) is 10.3 Å². The van der Waals surface area contributed by atoms with Crippen LogP contribution in [-0.2, 0) is 0 Å². The van der Waals surface area contributed by atoms with Gasteiger partial charge in [-0.2, -0.15) is 0 Å². The molecule has 0 aliphatic heterocycles. The van der Waals surface area contributed by atoms with Crippen molar-refractivity contribution < 1.29 is 9.90 Å². The number of hydrogen-bond donors (Lipinski definition) is 1. The molecule has 0 aliphatic carbocycles. The maximum atomic E-state index is 11.2. The first-order valence-corrected chi connectivity index (χ1v) is 7.33. The zero-order valence-electron chi connectivity index (χ0n) is 11.4. The summed E-state index contributed by atoms with van der Waals surface area (Å²) in [6.45, 7) is 2.06. The predicted octanol–water partition coefficient (Wildman–Crippen LogP) is 4.39. The van der Waals surface area contributed by atoms with Crippen LogP contribution in [0.1, 0.15) is 15.9 Å². The third-order valence-electron chi connectivity index (χ3n) is 3.24. The molecule has 0 radical (unpaired) electrons. The van der Waals surface area contributed by atoms with Gasteiger partial charge in [0.25, 0.3) is 0 Å². The molecule has 0 spiro atoms. The van der Waals surface area contributed by atoms with E-state index in [-0.39, 0.29) is 5.56 Å². The number of carboxylic acid groups (broad SMARTS) is 1. The van der Waals surface area contributed by atoms with Gasteiger partial charge < -0.3 is 5.11 Å². The van der Waals surface area contributed by atoms with Gasteiger partial charge in [0.05, 0.1) is 11.1 Å². The Morgan fingerprint density at radius 1 is 1.05 bits per heavy atom. The number of aromatic carboxylic acids is 1. The van der Waals surface area contributed by atoms with Crippen molar-refractivity contribution in [3.8, 4) is 0 Å². The number of pyridine rings is 1. The van der Waals surface area contributed by atoms with E-state index in [0.29, 0.717) is 10.9 Å². The molecule has 0 unspecified atom stereocenters. The van der Waals surface area contributed by atoms with Crippen LogP contribution in [-0.4, -0.2) is 16.1 Å². The van der Waals surface area contributed by atoms with Crippen molar-refractivity contribution in [1.29, 1.82) is 0 Å². The highest BCUT2D eigenvalue weighted by atomic mass is 32.2. The van der Waals surface area contributed by atoms with E-state index in [1.54, 1.807) is 23.9 Å². The minimum Gasteiger partial charge on any atom is -0.478 e. The number of nitrogens with zero attached hydrogens (tertiary/aromatic N) is 1. The van der Waals surface area contributed by atoms with Crippen molar-refractivity contribution in [2.75, 3.05) is 0 Å². The topological polar surface area (TPSA) is 50.2 Å². The number of carbonyl (C=O) groups is 1. The van der Waals surface area contributed by atoms with Gasteiger partial charge in [-0.25, -0.2) is 9.78 Å². The smallest absolute Gasteiger partial charge is 0.336 e. The Kier molecular flexibility index (Phi) is 3.62. The summed E-state index contributed by atoms with van der Waals surface area (Å²) in [6, 6.07) is 17.0. The molecule has 4 heteroatoms. The van der Waals surface area contributed by atoms with Gasteiger partial charge in [0.15, 0.2) is 0 Å². The standard InChI is InChI=1S/C17H13NO2S/c1-11-5-2-3-8-15(11)21-16-10-9-12-13(17(19)20)6-4-7-14(12)18-16/h2-10H,1H3,(H,19,20). The van der Waals surface area contributed by atoms with Crippen LogP contribution in [0.5, 0.6) is 0 Å². The average molecular weight is 295 g/mol. The van der Waals surface area contributed by atoms with E-state index in [1.165, 1.54) is 5.56 Å². The second-order valence-corrected chi connectivity index (χ2v) is 5.76. The molecule has 1 heterocycles. The highest BCUT2D eigenvalue weighted by molar-refractivity contribution is 7.99. The zero-order valence-corrected chi connectivity index (χ0v) is 12.2. The van der Waals surface area contributed by atoms with Crippen LogP contribution < -0.4 is 0 Å². The summed E-state index contributed by atoms with van der Waals surface area (Å²) in [5, 5.41) is 10.7. The molecule has 3 aromatic rings. The van der Waals surface area contributed by atoms with E-state index in [2.05, 4.69) is 24.0 Å². The summed E-state index contributed by atoms with van der Waals surface area (Å²) in [5.41, 5.74) is 2.18. The van der Waals surface area contributed by atoms with Crippen LogP contribution in [0.25, 0.3) is 10.9 Å². The quantitative estimate of drug-likeness (QED) is 0.778. The summed E-state index contributed by atoms with van der Waals surface area (Å²) in [7, 11) is 0. The molecular weight excluding hydrogens is 282 g/mol. The molecule has 3 rings (SSSR count). The van der Waals surface area contributed by atoms with Gasteiger partial charge in [-0.3, -0.25) is 0 Å². The first-order chi connectivity index (χ1) is 10.1. The molecule has 21 heavy (non-hydrogen) atoms. The lowest BCUT2D eigenvalue weighted by Crippen LogP contribution is -1.98. The highest BCUT2D eigenvalue weighted by Crippen LogP contribution is 2.30. The first-order valence-electron chi connectivity index (χ1n) is 6.52. The summed E-state index contributed by atoms with van der Waals surface area (Å²) >= 11 is 1.58. The third-order valence-corrected chi connectivity index (χ3v) is 4.36. The largest absolute Gasteiger partial charge is 0.478 e. The second kappa shape index (κ2) is 5.58. The molecule has 3 nitrogen and oxygen atoms in total. The molecule has 0 aliphatic rings. The van der Waals surface area contributed by atoms with Crippen molar-refractivity contribution >= 4 is 28.6 Å². The van der Waals surface area contributed by atoms with E-state index in [1.807, 2.05) is 30.3 Å². The number of rotatable bonds is 3. The van der Waals surface area contributed by atoms with Crippen LogP contribution in [0.2, 0.25) is 0 Å². The van der Waals surface area contributed by atoms with Gasteiger partial charge in [-0.15, -0.1) is 0 Å². The molecule has 0 atom stereocenters. The molecule has 1 N–H and O–H groups in total. The minimum atomic E-state index is -0.929. The number of fused-ring (bicyclic) bond motifs is 1. The Morgan fingerprint density at radius 2 is 1.86 bits per heavy atom. The van der Waals surface area contributed by atoms with Crippen LogP contribution in [0.4, 0.5) is 0 Å². The Balaban J connectivity index is 2.03. The Labute approximate surface area is 126 Å². The lowest BCUT2D eigenvalue weighted by Gasteiger charge is -2.07. The van der Waals surface area contributed by atoms with Crippen LogP contribution in [0.3, 0.4) is 0 Å². The highest BCUT2D eigenvalue weighted by Gasteiger charge is 2.10. The fraction of sp³-hybridized carbons (Fsp3) is 0.0588. The third kappa shape index (κ3) is 2.76. The maximum Gasteiger partial charge on any atom is 0.336 e. The molecule has 104 valence electrons. The Bertz CT molecular complexity index is 830. The van der Waals surface area contributed by atoms with Crippen LogP contribution >= 0.6 is 11.8 Å². The molecule has 0 amide bonds. The average Bonchev–Trinajstić information content (AvgIpc) is 2.48. The fourth-order valence-electron chi connectivity index (χ4n) is 2.16. The number of aryl methyl sites for hydroxylation is 1. The zero-order chi connectivity index (χ0) is 14.8. The van der Waals surface area contributed by atoms with E-state index in [4.69, 9.17) is 0 Å². The van der Waals surface area contributed by atoms with E-state index in [9.17, 15) is 9.90 Å². The van der Waals surface area contributed by atoms with E-state index in [0.717, 1.165) is 9.92 Å². The normalized spacial score (nSPS) is 10.7. The lowest BCUT2D eigenvalue weighted by molar-refractivity contribution is 0.0699. The first kappa shape index (κ1) is 13.6. The van der Waals surface area contributed by atoms with Gasteiger partial charge in [0.2, 0.25) is 0 Å². The van der Waals surface area contributed by atoms with Gasteiger partial charge in [-0.1, -0.05) is 36.0 Å². The molecule has 2 aromatic carbocycles. The van der Waals surface area contributed by atoms with Crippen LogP contribution in [0.15, 0.2) is 64.5 Å². The van der Waals surface area contributed by atoms with Crippen molar-refractivity contribution in [3.05, 3.63) is 65.7 Å². The monoisotopic (exact) mass is 295 g/mol.